The Morgan fingerprint density at radius 1 is 0.344 bits per heavy atom. The first-order valence-electron chi connectivity index (χ1n) is 19.7. The molecule has 0 saturated carbocycles. The number of hydrogen-bond donors (Lipinski definition) is 0. The van der Waals surface area contributed by atoms with Gasteiger partial charge in [0.1, 0.15) is 0 Å². The molecule has 0 aliphatic carbocycles. The summed E-state index contributed by atoms with van der Waals surface area (Å²) < 4.78 is 2.30. The second-order valence-electron chi connectivity index (χ2n) is 14.6. The number of benzene rings is 8. The van der Waals surface area contributed by atoms with Gasteiger partial charge in [0, 0.05) is 38.6 Å². The maximum absolute atomic E-state index is 10.0. The number of rotatable bonds is 7. The average molecular weight is 778 g/mol. The number of para-hydroxylation sites is 1. The molecule has 0 bridgehead atoms. The standard InChI is InChI=1S/C54H31N7/c55-32-35-19-23-37(24-20-35)46-30-43(54-59-52(39-11-3-1-4-12-39)58-53(60-54)40-13-5-2-6-14-40)31-47(38-25-21-36(33-56)22-26-38)51(46)61-49-18-10-9-17-45(49)48-29-41(27-28-50(48)61)44-16-8-7-15-42(44)34-57/h1-31H. The van der Waals surface area contributed by atoms with Crippen LogP contribution in [0.3, 0.4) is 0 Å². The van der Waals surface area contributed by atoms with Gasteiger partial charge in [-0.1, -0.05) is 127 Å². The van der Waals surface area contributed by atoms with Crippen molar-refractivity contribution in [1.29, 1.82) is 15.8 Å². The second-order valence-corrected chi connectivity index (χ2v) is 14.6. The molecule has 0 atom stereocenters. The zero-order valence-electron chi connectivity index (χ0n) is 32.5. The number of aromatic nitrogens is 4. The molecule has 0 N–H and O–H groups in total. The predicted molar refractivity (Wildman–Crippen MR) is 241 cm³/mol. The highest BCUT2D eigenvalue weighted by Gasteiger charge is 2.24. The zero-order valence-corrected chi connectivity index (χ0v) is 32.5. The summed E-state index contributed by atoms with van der Waals surface area (Å²) in [6.07, 6.45) is 0. The van der Waals surface area contributed by atoms with Crippen molar-refractivity contribution in [1.82, 2.24) is 19.5 Å². The third kappa shape index (κ3) is 6.63. The topological polar surface area (TPSA) is 115 Å². The lowest BCUT2D eigenvalue weighted by molar-refractivity contribution is 1.07. The molecule has 10 rings (SSSR count). The number of nitriles is 3. The van der Waals surface area contributed by atoms with Gasteiger partial charge in [-0.3, -0.25) is 0 Å². The molecule has 2 heterocycles. The van der Waals surface area contributed by atoms with Crippen molar-refractivity contribution >= 4 is 21.8 Å². The van der Waals surface area contributed by atoms with Crippen molar-refractivity contribution in [2.24, 2.45) is 0 Å². The molecule has 10 aromatic rings. The van der Waals surface area contributed by atoms with Crippen LogP contribution in [0.15, 0.2) is 188 Å². The van der Waals surface area contributed by atoms with E-state index in [-0.39, 0.29) is 0 Å². The minimum Gasteiger partial charge on any atom is -0.308 e. The number of nitrogens with zero attached hydrogens (tertiary/aromatic N) is 7. The summed E-state index contributed by atoms with van der Waals surface area (Å²) >= 11 is 0. The molecule has 61 heavy (non-hydrogen) atoms. The summed E-state index contributed by atoms with van der Waals surface area (Å²) in [5.41, 5.74) is 12.4. The minimum atomic E-state index is 0.493. The third-order valence-electron chi connectivity index (χ3n) is 11.0. The maximum atomic E-state index is 10.0. The van der Waals surface area contributed by atoms with Crippen LogP contribution in [0.2, 0.25) is 0 Å². The monoisotopic (exact) mass is 777 g/mol. The van der Waals surface area contributed by atoms with Crippen molar-refractivity contribution in [3.63, 3.8) is 0 Å². The molecule has 7 nitrogen and oxygen atoms in total. The van der Waals surface area contributed by atoms with Gasteiger partial charge in [-0.05, 0) is 82.9 Å². The van der Waals surface area contributed by atoms with E-state index in [4.69, 9.17) is 15.0 Å². The lowest BCUT2D eigenvalue weighted by Crippen LogP contribution is -2.04. The van der Waals surface area contributed by atoms with E-state index < -0.39 is 0 Å². The molecule has 0 spiro atoms. The van der Waals surface area contributed by atoms with E-state index in [1.165, 1.54) is 0 Å². The van der Waals surface area contributed by atoms with Crippen LogP contribution >= 0.6 is 0 Å². The molecule has 7 heteroatoms. The summed E-state index contributed by atoms with van der Waals surface area (Å²) in [6, 6.07) is 68.6. The Morgan fingerprint density at radius 2 is 0.820 bits per heavy atom. The van der Waals surface area contributed by atoms with Gasteiger partial charge in [-0.15, -0.1) is 0 Å². The zero-order chi connectivity index (χ0) is 41.3. The van der Waals surface area contributed by atoms with Crippen LogP contribution in [0.1, 0.15) is 16.7 Å². The van der Waals surface area contributed by atoms with Crippen molar-refractivity contribution in [2.75, 3.05) is 0 Å². The highest BCUT2D eigenvalue weighted by atomic mass is 15.0. The Hall–Kier alpha value is -8.96. The summed E-state index contributed by atoms with van der Waals surface area (Å²) in [6.45, 7) is 0. The molecule has 8 aromatic carbocycles. The lowest BCUT2D eigenvalue weighted by atomic mass is 9.91. The Balaban J connectivity index is 1.32. The van der Waals surface area contributed by atoms with E-state index in [9.17, 15) is 15.8 Å². The summed E-state index contributed by atoms with van der Waals surface area (Å²) in [7, 11) is 0. The molecular formula is C54H31N7. The molecule has 0 fully saturated rings. The van der Waals surface area contributed by atoms with Crippen LogP contribution in [0.25, 0.3) is 95.0 Å². The first-order valence-corrected chi connectivity index (χ1v) is 19.7. The molecule has 0 aliphatic rings. The third-order valence-corrected chi connectivity index (χ3v) is 11.0. The van der Waals surface area contributed by atoms with E-state index >= 15 is 0 Å². The van der Waals surface area contributed by atoms with E-state index in [0.717, 1.165) is 77.6 Å². The van der Waals surface area contributed by atoms with E-state index in [0.29, 0.717) is 34.2 Å². The summed E-state index contributed by atoms with van der Waals surface area (Å²) in [4.78, 5) is 15.2. The molecule has 0 saturated heterocycles. The van der Waals surface area contributed by atoms with Gasteiger partial charge in [0.25, 0.3) is 0 Å². The summed E-state index contributed by atoms with van der Waals surface area (Å²) in [5.74, 6) is 1.58. The fraction of sp³-hybridized carbons (Fsp3) is 0. The highest BCUT2D eigenvalue weighted by Crippen LogP contribution is 2.44. The number of fused-ring (bicyclic) bond motifs is 3. The SMILES string of the molecule is N#Cc1ccc(-c2cc(-c3nc(-c4ccccc4)nc(-c4ccccc4)n3)cc(-c3ccc(C#N)cc3)c2-n2c3ccccc3c3cc(-c4ccccc4C#N)ccc32)cc1. The largest absolute Gasteiger partial charge is 0.308 e. The molecular weight excluding hydrogens is 747 g/mol. The van der Waals surface area contributed by atoms with Crippen molar-refractivity contribution < 1.29 is 0 Å². The van der Waals surface area contributed by atoms with Gasteiger partial charge >= 0.3 is 0 Å². The van der Waals surface area contributed by atoms with E-state index in [2.05, 4.69) is 65.2 Å². The van der Waals surface area contributed by atoms with Crippen LogP contribution in [-0.4, -0.2) is 19.5 Å². The van der Waals surface area contributed by atoms with Gasteiger partial charge in [0.15, 0.2) is 17.5 Å². The van der Waals surface area contributed by atoms with Gasteiger partial charge in [0.2, 0.25) is 0 Å². The van der Waals surface area contributed by atoms with E-state index in [1.54, 1.807) is 0 Å². The Kier molecular flexibility index (Phi) is 9.20. The van der Waals surface area contributed by atoms with Gasteiger partial charge in [-0.2, -0.15) is 15.8 Å². The highest BCUT2D eigenvalue weighted by molar-refractivity contribution is 6.12. The molecule has 0 radical (unpaired) electrons. The minimum absolute atomic E-state index is 0.493. The fourth-order valence-electron chi connectivity index (χ4n) is 8.04. The van der Waals surface area contributed by atoms with Crippen LogP contribution in [0.5, 0.6) is 0 Å². The van der Waals surface area contributed by atoms with Crippen molar-refractivity contribution in [3.8, 4) is 91.4 Å². The number of hydrogen-bond acceptors (Lipinski definition) is 6. The molecule has 0 aliphatic heterocycles. The van der Waals surface area contributed by atoms with Crippen LogP contribution in [0, 0.1) is 34.0 Å². The molecule has 0 unspecified atom stereocenters. The Bertz CT molecular complexity index is 3290. The fourth-order valence-corrected chi connectivity index (χ4v) is 8.04. The van der Waals surface area contributed by atoms with Crippen LogP contribution in [0.4, 0.5) is 0 Å². The van der Waals surface area contributed by atoms with Gasteiger partial charge < -0.3 is 4.57 Å². The average Bonchev–Trinajstić information content (AvgIpc) is 3.67. The van der Waals surface area contributed by atoms with Crippen LogP contribution < -0.4 is 0 Å². The Labute approximate surface area is 352 Å². The molecule has 0 amide bonds. The van der Waals surface area contributed by atoms with Gasteiger partial charge in [-0.25, -0.2) is 15.0 Å². The van der Waals surface area contributed by atoms with Crippen LogP contribution in [-0.2, 0) is 0 Å². The first-order chi connectivity index (χ1) is 30.1. The van der Waals surface area contributed by atoms with E-state index in [1.807, 2.05) is 146 Å². The Morgan fingerprint density at radius 3 is 1.38 bits per heavy atom. The normalized spacial score (nSPS) is 10.9. The first kappa shape index (κ1) is 36.4. The molecule has 2 aromatic heterocycles. The second kappa shape index (κ2) is 15.4. The quantitative estimate of drug-likeness (QED) is 0.159. The predicted octanol–water partition coefficient (Wildman–Crippen LogP) is 12.6. The lowest BCUT2D eigenvalue weighted by Gasteiger charge is -2.21. The van der Waals surface area contributed by atoms with Gasteiger partial charge in [0.05, 0.1) is 51.6 Å². The van der Waals surface area contributed by atoms with Crippen molar-refractivity contribution in [2.45, 2.75) is 0 Å². The maximum Gasteiger partial charge on any atom is 0.164 e. The molecule has 282 valence electrons. The van der Waals surface area contributed by atoms with Crippen molar-refractivity contribution in [3.05, 3.63) is 205 Å². The smallest absolute Gasteiger partial charge is 0.164 e. The summed E-state index contributed by atoms with van der Waals surface area (Å²) in [5, 5.41) is 31.7.